The average Bonchev–Trinajstić information content (AvgIpc) is 2.55. The van der Waals surface area contributed by atoms with Crippen LogP contribution in [0, 0.1) is 0 Å². The van der Waals surface area contributed by atoms with Crippen LogP contribution in [-0.2, 0) is 10.3 Å². The molecule has 1 rings (SSSR count). The molecule has 3 N–H and O–H groups in total. The van der Waals surface area contributed by atoms with Crippen molar-refractivity contribution < 1.29 is 23.0 Å². The maximum Gasteiger partial charge on any atom is 0.411 e. The Morgan fingerprint density at radius 3 is 2.42 bits per heavy atom. The molecule has 0 aliphatic carbocycles. The highest BCUT2D eigenvalue weighted by molar-refractivity contribution is 14.0. The van der Waals surface area contributed by atoms with Gasteiger partial charge in [0.1, 0.15) is 12.2 Å². The van der Waals surface area contributed by atoms with Crippen molar-refractivity contribution >= 4 is 29.9 Å². The van der Waals surface area contributed by atoms with Crippen molar-refractivity contribution in [2.24, 2.45) is 4.99 Å². The van der Waals surface area contributed by atoms with Crippen LogP contribution < -0.4 is 10.6 Å². The van der Waals surface area contributed by atoms with E-state index < -0.39 is 18.4 Å². The molecule has 1 aromatic rings. The van der Waals surface area contributed by atoms with Crippen LogP contribution in [0.2, 0.25) is 0 Å². The Hall–Kier alpha value is -1.07. The van der Waals surface area contributed by atoms with Crippen LogP contribution in [0.5, 0.6) is 0 Å². The van der Waals surface area contributed by atoms with E-state index in [1.165, 1.54) is 0 Å². The highest BCUT2D eigenvalue weighted by Gasteiger charge is 2.27. The number of aliphatic imine (C=N–C) groups is 1. The molecule has 0 saturated carbocycles. The molecule has 1 aromatic carbocycles. The molecule has 150 valence electrons. The maximum atomic E-state index is 12.0. The third-order valence-electron chi connectivity index (χ3n) is 3.31. The molecule has 0 saturated heterocycles. The maximum absolute atomic E-state index is 12.0. The Morgan fingerprint density at radius 2 is 1.85 bits per heavy atom. The van der Waals surface area contributed by atoms with E-state index in [2.05, 4.69) is 20.4 Å². The molecule has 1 unspecified atom stereocenters. The van der Waals surface area contributed by atoms with Crippen LogP contribution >= 0.6 is 24.0 Å². The van der Waals surface area contributed by atoms with Crippen molar-refractivity contribution in [2.45, 2.75) is 32.0 Å². The van der Waals surface area contributed by atoms with Gasteiger partial charge < -0.3 is 20.5 Å². The summed E-state index contributed by atoms with van der Waals surface area (Å²) >= 11 is 0. The first-order chi connectivity index (χ1) is 11.7. The summed E-state index contributed by atoms with van der Waals surface area (Å²) in [5, 5.41) is 16.6. The fourth-order valence-corrected chi connectivity index (χ4v) is 2.03. The number of rotatable bonds is 9. The molecule has 9 heteroatoms. The zero-order valence-corrected chi connectivity index (χ0v) is 17.3. The normalized spacial score (nSPS) is 14.3. The molecule has 0 aromatic heterocycles. The van der Waals surface area contributed by atoms with Gasteiger partial charge in [-0.25, -0.2) is 4.99 Å². The van der Waals surface area contributed by atoms with E-state index in [1.54, 1.807) is 6.92 Å². The second-order valence-corrected chi connectivity index (χ2v) is 5.78. The van der Waals surface area contributed by atoms with Crippen LogP contribution in [0.15, 0.2) is 35.3 Å². The van der Waals surface area contributed by atoms with Gasteiger partial charge in [0.2, 0.25) is 0 Å². The third kappa shape index (κ3) is 10.8. The fraction of sp³-hybridized carbons (Fsp3) is 0.588. The van der Waals surface area contributed by atoms with E-state index in [0.717, 1.165) is 5.56 Å². The van der Waals surface area contributed by atoms with Gasteiger partial charge in [0, 0.05) is 19.7 Å². The van der Waals surface area contributed by atoms with E-state index in [-0.39, 0.29) is 37.1 Å². The monoisotopic (exact) mass is 489 g/mol. The molecule has 0 fully saturated rings. The van der Waals surface area contributed by atoms with Crippen molar-refractivity contribution in [3.63, 3.8) is 0 Å². The van der Waals surface area contributed by atoms with Gasteiger partial charge >= 0.3 is 6.18 Å². The zero-order chi connectivity index (χ0) is 18.8. The minimum Gasteiger partial charge on any atom is -0.384 e. The molecule has 0 bridgehead atoms. The number of guanidine groups is 1. The van der Waals surface area contributed by atoms with Gasteiger partial charge in [-0.15, -0.1) is 24.0 Å². The summed E-state index contributed by atoms with van der Waals surface area (Å²) < 4.78 is 40.4. The number of halogens is 4. The Bertz CT molecular complexity index is 526. The SMILES string of the molecule is CCNC(=NCC(C)(O)c1ccccc1)NCCCOCC(F)(F)F.I. The predicted octanol–water partition coefficient (Wildman–Crippen LogP) is 3.04. The van der Waals surface area contributed by atoms with Gasteiger partial charge in [-0.1, -0.05) is 30.3 Å². The summed E-state index contributed by atoms with van der Waals surface area (Å²) in [4.78, 5) is 4.34. The summed E-state index contributed by atoms with van der Waals surface area (Å²) in [6.45, 7) is 3.55. The lowest BCUT2D eigenvalue weighted by Crippen LogP contribution is -2.39. The summed E-state index contributed by atoms with van der Waals surface area (Å²) in [7, 11) is 0. The Kier molecular flexibility index (Phi) is 11.8. The third-order valence-corrected chi connectivity index (χ3v) is 3.31. The van der Waals surface area contributed by atoms with Gasteiger partial charge in [-0.3, -0.25) is 0 Å². The van der Waals surface area contributed by atoms with Gasteiger partial charge in [0.05, 0.1) is 6.54 Å². The number of nitrogens with one attached hydrogen (secondary N) is 2. The van der Waals surface area contributed by atoms with Crippen molar-refractivity contribution in [1.29, 1.82) is 0 Å². The van der Waals surface area contributed by atoms with E-state index in [4.69, 9.17) is 0 Å². The summed E-state index contributed by atoms with van der Waals surface area (Å²) in [5.74, 6) is 0.495. The van der Waals surface area contributed by atoms with Crippen LogP contribution in [-0.4, -0.2) is 50.1 Å². The molecule has 0 radical (unpaired) electrons. The number of nitrogens with zero attached hydrogens (tertiary/aromatic N) is 1. The number of alkyl halides is 3. The second-order valence-electron chi connectivity index (χ2n) is 5.78. The number of hydrogen-bond donors (Lipinski definition) is 3. The lowest BCUT2D eigenvalue weighted by Gasteiger charge is -2.22. The van der Waals surface area contributed by atoms with Crippen molar-refractivity contribution in [2.75, 3.05) is 32.8 Å². The van der Waals surface area contributed by atoms with Crippen molar-refractivity contribution in [3.8, 4) is 0 Å². The Balaban J connectivity index is 0.00000625. The fourth-order valence-electron chi connectivity index (χ4n) is 2.03. The van der Waals surface area contributed by atoms with Gasteiger partial charge in [0.25, 0.3) is 0 Å². The Labute approximate surface area is 169 Å². The van der Waals surface area contributed by atoms with E-state index in [1.807, 2.05) is 37.3 Å². The first-order valence-electron chi connectivity index (χ1n) is 8.19. The number of benzene rings is 1. The topological polar surface area (TPSA) is 65.9 Å². The largest absolute Gasteiger partial charge is 0.411 e. The Morgan fingerprint density at radius 1 is 1.19 bits per heavy atom. The number of ether oxygens (including phenoxy) is 1. The lowest BCUT2D eigenvalue weighted by atomic mass is 9.96. The number of aliphatic hydroxyl groups is 1. The van der Waals surface area contributed by atoms with Crippen LogP contribution in [0.25, 0.3) is 0 Å². The first-order valence-corrected chi connectivity index (χ1v) is 8.19. The van der Waals surface area contributed by atoms with Gasteiger partial charge in [0.15, 0.2) is 5.96 Å². The smallest absolute Gasteiger partial charge is 0.384 e. The quantitative estimate of drug-likeness (QED) is 0.216. The highest BCUT2D eigenvalue weighted by Crippen LogP contribution is 2.20. The minimum absolute atomic E-state index is 0. The molecule has 0 aliphatic heterocycles. The molecular formula is C17H27F3IN3O2. The first kappa shape index (κ1) is 24.9. The van der Waals surface area contributed by atoms with Gasteiger partial charge in [-0.05, 0) is 25.8 Å². The minimum atomic E-state index is -4.30. The molecule has 0 spiro atoms. The molecule has 5 nitrogen and oxygen atoms in total. The lowest BCUT2D eigenvalue weighted by molar-refractivity contribution is -0.173. The molecular weight excluding hydrogens is 462 g/mol. The van der Waals surface area contributed by atoms with Gasteiger partial charge in [-0.2, -0.15) is 13.2 Å². The van der Waals surface area contributed by atoms with Crippen LogP contribution in [0.3, 0.4) is 0 Å². The summed E-state index contributed by atoms with van der Waals surface area (Å²) in [6, 6.07) is 9.22. The predicted molar refractivity (Wildman–Crippen MR) is 107 cm³/mol. The van der Waals surface area contributed by atoms with Crippen LogP contribution in [0.1, 0.15) is 25.8 Å². The molecule has 26 heavy (non-hydrogen) atoms. The molecule has 0 amide bonds. The standard InChI is InChI=1S/C17H26F3N3O2.HI/c1-3-21-15(22-10-7-11-25-13-17(18,19)20)23-12-16(2,24)14-8-5-4-6-9-14;/h4-6,8-9,24H,3,7,10-13H2,1-2H3,(H2,21,22,23);1H. The summed E-state index contributed by atoms with van der Waals surface area (Å²) in [5.41, 5.74) is -0.352. The van der Waals surface area contributed by atoms with Crippen LogP contribution in [0.4, 0.5) is 13.2 Å². The van der Waals surface area contributed by atoms with Crippen molar-refractivity contribution in [3.05, 3.63) is 35.9 Å². The van der Waals surface area contributed by atoms with E-state index >= 15 is 0 Å². The highest BCUT2D eigenvalue weighted by atomic mass is 127. The molecule has 0 heterocycles. The zero-order valence-electron chi connectivity index (χ0n) is 15.0. The number of hydrogen-bond acceptors (Lipinski definition) is 3. The van der Waals surface area contributed by atoms with Crippen molar-refractivity contribution in [1.82, 2.24) is 10.6 Å². The molecule has 0 aliphatic rings. The van der Waals surface area contributed by atoms with E-state index in [0.29, 0.717) is 25.5 Å². The molecule has 1 atom stereocenters. The summed E-state index contributed by atoms with van der Waals surface area (Å²) in [6.07, 6.45) is -3.89. The average molecular weight is 489 g/mol. The van der Waals surface area contributed by atoms with E-state index in [9.17, 15) is 18.3 Å². The second kappa shape index (κ2) is 12.3.